The van der Waals surface area contributed by atoms with E-state index in [9.17, 15) is 0 Å². The number of likely N-dealkylation sites (tertiary alicyclic amines) is 1. The molecule has 3 atom stereocenters. The Bertz CT molecular complexity index is 274. The molecule has 19 heavy (non-hydrogen) atoms. The Morgan fingerprint density at radius 1 is 1.21 bits per heavy atom. The van der Waals surface area contributed by atoms with Crippen LogP contribution in [0, 0.1) is 11.3 Å². The number of nitrogens with zero attached hydrogens (tertiary/aromatic N) is 1. The molecule has 1 saturated carbocycles. The van der Waals surface area contributed by atoms with Crippen LogP contribution >= 0.6 is 0 Å². The van der Waals surface area contributed by atoms with E-state index in [4.69, 9.17) is 0 Å². The number of nitrogens with one attached hydrogen (secondary N) is 1. The molecule has 1 heterocycles. The van der Waals surface area contributed by atoms with Crippen LogP contribution in [0.15, 0.2) is 0 Å². The molecule has 2 nitrogen and oxygen atoms in total. The Labute approximate surface area is 120 Å². The molecule has 0 aromatic heterocycles. The second-order valence-corrected chi connectivity index (χ2v) is 7.54. The van der Waals surface area contributed by atoms with Crippen molar-refractivity contribution in [2.75, 3.05) is 19.6 Å². The summed E-state index contributed by atoms with van der Waals surface area (Å²) in [5, 5.41) is 3.70. The Morgan fingerprint density at radius 3 is 2.68 bits per heavy atom. The SMILES string of the molecule is CCCNC(C)C(C)(C)CN1CCCC2CCCC21. The largest absolute Gasteiger partial charge is 0.314 e. The standard InChI is InChI=1S/C17H34N2/c1-5-11-18-14(2)17(3,4)13-19-12-7-9-15-8-6-10-16(15)19/h14-16,18H,5-13H2,1-4H3. The molecule has 2 rings (SSSR count). The predicted octanol–water partition coefficient (Wildman–Crippen LogP) is 3.67. The van der Waals surface area contributed by atoms with E-state index in [1.807, 2.05) is 0 Å². The summed E-state index contributed by atoms with van der Waals surface area (Å²) < 4.78 is 0. The van der Waals surface area contributed by atoms with E-state index < -0.39 is 0 Å². The van der Waals surface area contributed by atoms with Crippen molar-refractivity contribution in [3.8, 4) is 0 Å². The third kappa shape index (κ3) is 3.72. The summed E-state index contributed by atoms with van der Waals surface area (Å²) in [6.45, 7) is 13.3. The van der Waals surface area contributed by atoms with Gasteiger partial charge in [-0.15, -0.1) is 0 Å². The minimum Gasteiger partial charge on any atom is -0.314 e. The molecular weight excluding hydrogens is 232 g/mol. The van der Waals surface area contributed by atoms with Gasteiger partial charge in [-0.1, -0.05) is 27.2 Å². The molecule has 0 radical (unpaired) electrons. The van der Waals surface area contributed by atoms with Gasteiger partial charge in [-0.05, 0) is 63.5 Å². The first-order valence-corrected chi connectivity index (χ1v) is 8.52. The number of piperidine rings is 1. The van der Waals surface area contributed by atoms with Crippen molar-refractivity contribution in [2.45, 2.75) is 78.3 Å². The van der Waals surface area contributed by atoms with Crippen molar-refractivity contribution in [3.63, 3.8) is 0 Å². The number of fused-ring (bicyclic) bond motifs is 1. The first kappa shape index (κ1) is 15.3. The molecule has 0 spiro atoms. The summed E-state index contributed by atoms with van der Waals surface area (Å²) >= 11 is 0. The van der Waals surface area contributed by atoms with E-state index in [-0.39, 0.29) is 0 Å². The second-order valence-electron chi connectivity index (χ2n) is 7.54. The fraction of sp³-hybridized carbons (Fsp3) is 1.00. The van der Waals surface area contributed by atoms with Crippen molar-refractivity contribution in [1.29, 1.82) is 0 Å². The van der Waals surface area contributed by atoms with Gasteiger partial charge in [0.05, 0.1) is 0 Å². The summed E-state index contributed by atoms with van der Waals surface area (Å²) in [5.41, 5.74) is 0.375. The van der Waals surface area contributed by atoms with Gasteiger partial charge in [-0.3, -0.25) is 4.90 Å². The monoisotopic (exact) mass is 266 g/mol. The Balaban J connectivity index is 1.90. The van der Waals surface area contributed by atoms with Gasteiger partial charge in [0.15, 0.2) is 0 Å². The van der Waals surface area contributed by atoms with Crippen LogP contribution in [0.1, 0.15) is 66.2 Å². The van der Waals surface area contributed by atoms with Crippen LogP contribution in [-0.4, -0.2) is 36.6 Å². The Morgan fingerprint density at radius 2 is 1.95 bits per heavy atom. The molecule has 2 fully saturated rings. The molecule has 0 bridgehead atoms. The summed E-state index contributed by atoms with van der Waals surface area (Å²) in [4.78, 5) is 2.82. The molecule has 112 valence electrons. The van der Waals surface area contributed by atoms with Crippen molar-refractivity contribution in [2.24, 2.45) is 11.3 Å². The highest BCUT2D eigenvalue weighted by Gasteiger charge is 2.38. The maximum atomic E-state index is 3.70. The van der Waals surface area contributed by atoms with Gasteiger partial charge in [0.1, 0.15) is 0 Å². The molecule has 2 aliphatic rings. The Hall–Kier alpha value is -0.0800. The van der Waals surface area contributed by atoms with Crippen molar-refractivity contribution < 1.29 is 0 Å². The zero-order chi connectivity index (χ0) is 13.9. The molecule has 1 aliphatic carbocycles. The van der Waals surface area contributed by atoms with Gasteiger partial charge in [0.2, 0.25) is 0 Å². The average molecular weight is 266 g/mol. The minimum absolute atomic E-state index is 0.375. The topological polar surface area (TPSA) is 15.3 Å². The van der Waals surface area contributed by atoms with E-state index >= 15 is 0 Å². The molecular formula is C17H34N2. The lowest BCUT2D eigenvalue weighted by atomic mass is 9.82. The molecule has 3 unspecified atom stereocenters. The first-order chi connectivity index (χ1) is 9.04. The second kappa shape index (κ2) is 6.58. The molecule has 0 aromatic rings. The van der Waals surface area contributed by atoms with Gasteiger partial charge in [-0.25, -0.2) is 0 Å². The molecule has 2 heteroatoms. The lowest BCUT2D eigenvalue weighted by molar-refractivity contribution is 0.0584. The van der Waals surface area contributed by atoms with Crippen molar-refractivity contribution in [3.05, 3.63) is 0 Å². The maximum absolute atomic E-state index is 3.70. The first-order valence-electron chi connectivity index (χ1n) is 8.52. The van der Waals surface area contributed by atoms with E-state index in [2.05, 4.69) is 37.9 Å². The van der Waals surface area contributed by atoms with Crippen LogP contribution in [0.25, 0.3) is 0 Å². The highest BCUT2D eigenvalue weighted by Crippen LogP contribution is 2.38. The van der Waals surface area contributed by atoms with Gasteiger partial charge >= 0.3 is 0 Å². The summed E-state index contributed by atoms with van der Waals surface area (Å²) in [5.74, 6) is 1.02. The van der Waals surface area contributed by atoms with Crippen LogP contribution in [-0.2, 0) is 0 Å². The van der Waals surface area contributed by atoms with Crippen LogP contribution < -0.4 is 5.32 Å². The van der Waals surface area contributed by atoms with Crippen molar-refractivity contribution in [1.82, 2.24) is 10.2 Å². The molecule has 1 N–H and O–H groups in total. The predicted molar refractivity (Wildman–Crippen MR) is 83.5 cm³/mol. The third-order valence-corrected chi connectivity index (χ3v) is 5.59. The average Bonchev–Trinajstić information content (AvgIpc) is 2.84. The highest BCUT2D eigenvalue weighted by atomic mass is 15.2. The zero-order valence-electron chi connectivity index (χ0n) is 13.5. The van der Waals surface area contributed by atoms with E-state index in [1.165, 1.54) is 51.6 Å². The number of rotatable bonds is 6. The van der Waals surface area contributed by atoms with Gasteiger partial charge in [-0.2, -0.15) is 0 Å². The van der Waals surface area contributed by atoms with Crippen LogP contribution in [0.4, 0.5) is 0 Å². The quantitative estimate of drug-likeness (QED) is 0.789. The normalized spacial score (nSPS) is 30.3. The fourth-order valence-electron chi connectivity index (χ4n) is 4.05. The highest BCUT2D eigenvalue weighted by molar-refractivity contribution is 4.93. The maximum Gasteiger partial charge on any atom is 0.0124 e. The Kier molecular flexibility index (Phi) is 5.30. The third-order valence-electron chi connectivity index (χ3n) is 5.59. The van der Waals surface area contributed by atoms with Crippen LogP contribution in [0.3, 0.4) is 0 Å². The lowest BCUT2D eigenvalue weighted by Gasteiger charge is -2.44. The smallest absolute Gasteiger partial charge is 0.0124 e. The lowest BCUT2D eigenvalue weighted by Crippen LogP contribution is -2.52. The molecule has 0 aromatic carbocycles. The molecule has 0 amide bonds. The van der Waals surface area contributed by atoms with E-state index in [0.717, 1.165) is 18.5 Å². The van der Waals surface area contributed by atoms with Crippen LogP contribution in [0.2, 0.25) is 0 Å². The van der Waals surface area contributed by atoms with Gasteiger partial charge < -0.3 is 5.32 Å². The van der Waals surface area contributed by atoms with Crippen molar-refractivity contribution >= 4 is 0 Å². The van der Waals surface area contributed by atoms with Gasteiger partial charge in [0.25, 0.3) is 0 Å². The summed E-state index contributed by atoms with van der Waals surface area (Å²) in [6.07, 6.45) is 8.56. The van der Waals surface area contributed by atoms with Gasteiger partial charge in [0, 0.05) is 18.6 Å². The number of hydrogen-bond donors (Lipinski definition) is 1. The summed E-state index contributed by atoms with van der Waals surface area (Å²) in [7, 11) is 0. The minimum atomic E-state index is 0.375. The molecule has 1 saturated heterocycles. The molecule has 1 aliphatic heterocycles. The van der Waals surface area contributed by atoms with Crippen LogP contribution in [0.5, 0.6) is 0 Å². The zero-order valence-corrected chi connectivity index (χ0v) is 13.5. The van der Waals surface area contributed by atoms with E-state index in [1.54, 1.807) is 0 Å². The summed E-state index contributed by atoms with van der Waals surface area (Å²) in [6, 6.07) is 1.51. The van der Waals surface area contributed by atoms with E-state index in [0.29, 0.717) is 11.5 Å². The number of hydrogen-bond acceptors (Lipinski definition) is 2. The fourth-order valence-corrected chi connectivity index (χ4v) is 4.05.